The zero-order valence-electron chi connectivity index (χ0n) is 14.4. The number of aliphatic hydroxyl groups is 1. The molecule has 1 aromatic carbocycles. The Bertz CT molecular complexity index is 641. The lowest BCUT2D eigenvalue weighted by Gasteiger charge is -2.62. The zero-order chi connectivity index (χ0) is 16.6. The Morgan fingerprint density at radius 1 is 1.08 bits per heavy atom. The third kappa shape index (κ3) is 2.65. The van der Waals surface area contributed by atoms with Gasteiger partial charge in [0, 0.05) is 24.1 Å². The Hall–Kier alpha value is -1.74. The van der Waals surface area contributed by atoms with Crippen molar-refractivity contribution in [3.63, 3.8) is 0 Å². The molecule has 1 aliphatic heterocycles. The van der Waals surface area contributed by atoms with E-state index in [9.17, 15) is 5.11 Å². The molecule has 0 amide bonds. The van der Waals surface area contributed by atoms with Gasteiger partial charge in [0.2, 0.25) is 0 Å². The van der Waals surface area contributed by atoms with Crippen molar-refractivity contribution in [3.8, 4) is 0 Å². The van der Waals surface area contributed by atoms with Gasteiger partial charge in [0.05, 0.1) is 25.0 Å². The zero-order valence-corrected chi connectivity index (χ0v) is 14.4. The fraction of sp³-hybridized carbons (Fsp3) is 0.524. The Morgan fingerprint density at radius 2 is 1.83 bits per heavy atom. The molecule has 1 heterocycles. The van der Waals surface area contributed by atoms with Crippen molar-refractivity contribution in [2.75, 3.05) is 18.6 Å². The quantitative estimate of drug-likeness (QED) is 0.910. The first-order valence-electron chi connectivity index (χ1n) is 9.15. The Kier molecular flexibility index (Phi) is 4.13. The van der Waals surface area contributed by atoms with Crippen molar-refractivity contribution < 1.29 is 9.84 Å². The van der Waals surface area contributed by atoms with Gasteiger partial charge in [-0.15, -0.1) is 0 Å². The minimum absolute atomic E-state index is 0.0950. The standard InChI is InChI=1S/C21H27NO2/c1-24-19-9-7-16(8-10-19)20-21(13-11-18(23)12-14-21)15-22(20)17-5-3-2-4-6-17/h2-7,9,18,20,23H,8,10-15H2,1H3. The van der Waals surface area contributed by atoms with E-state index < -0.39 is 0 Å². The van der Waals surface area contributed by atoms with Gasteiger partial charge >= 0.3 is 0 Å². The molecule has 0 aromatic heterocycles. The van der Waals surface area contributed by atoms with E-state index in [1.165, 1.54) is 11.3 Å². The molecule has 1 N–H and O–H groups in total. The molecule has 1 unspecified atom stereocenters. The number of rotatable bonds is 3. The van der Waals surface area contributed by atoms with Gasteiger partial charge in [-0.25, -0.2) is 0 Å². The third-order valence-electron chi connectivity index (χ3n) is 6.17. The minimum Gasteiger partial charge on any atom is -0.501 e. The average Bonchev–Trinajstić information content (AvgIpc) is 2.62. The Balaban J connectivity index is 1.64. The summed E-state index contributed by atoms with van der Waals surface area (Å²) in [5.41, 5.74) is 3.20. The molecule has 3 aliphatic rings. The van der Waals surface area contributed by atoms with Crippen LogP contribution in [0.15, 0.2) is 53.8 Å². The largest absolute Gasteiger partial charge is 0.501 e. The predicted octanol–water partition coefficient (Wildman–Crippen LogP) is 4.05. The molecule has 2 aliphatic carbocycles. The molecule has 1 aromatic rings. The van der Waals surface area contributed by atoms with Crippen LogP contribution in [-0.2, 0) is 4.74 Å². The van der Waals surface area contributed by atoms with Crippen LogP contribution in [0.1, 0.15) is 38.5 Å². The van der Waals surface area contributed by atoms with Crippen molar-refractivity contribution in [1.82, 2.24) is 0 Å². The van der Waals surface area contributed by atoms with E-state index in [-0.39, 0.29) is 6.10 Å². The number of allylic oxidation sites excluding steroid dienone is 3. The lowest BCUT2D eigenvalue weighted by molar-refractivity contribution is 0.0221. The van der Waals surface area contributed by atoms with E-state index in [1.54, 1.807) is 7.11 Å². The summed E-state index contributed by atoms with van der Waals surface area (Å²) in [6.07, 6.45) is 10.6. The van der Waals surface area contributed by atoms with E-state index >= 15 is 0 Å². The Labute approximate surface area is 144 Å². The molecule has 1 atom stereocenters. The number of anilines is 1. The lowest BCUT2D eigenvalue weighted by atomic mass is 9.59. The van der Waals surface area contributed by atoms with Gasteiger partial charge in [-0.3, -0.25) is 0 Å². The highest BCUT2D eigenvalue weighted by Crippen LogP contribution is 2.54. The van der Waals surface area contributed by atoms with E-state index in [0.29, 0.717) is 11.5 Å². The maximum atomic E-state index is 9.95. The summed E-state index contributed by atoms with van der Waals surface area (Å²) in [7, 11) is 1.76. The maximum absolute atomic E-state index is 9.95. The molecule has 1 saturated heterocycles. The number of para-hydroxylation sites is 1. The SMILES string of the molecule is COC1=CC=C(C2N(c3ccccc3)CC23CCC(O)CC3)CC1. The van der Waals surface area contributed by atoms with Crippen LogP contribution < -0.4 is 4.90 Å². The smallest absolute Gasteiger partial charge is 0.0958 e. The molecule has 1 spiro atoms. The molecule has 4 rings (SSSR count). The molecule has 24 heavy (non-hydrogen) atoms. The first-order chi connectivity index (χ1) is 11.7. The van der Waals surface area contributed by atoms with Gasteiger partial charge < -0.3 is 14.7 Å². The van der Waals surface area contributed by atoms with Crippen LogP contribution in [0.4, 0.5) is 5.69 Å². The summed E-state index contributed by atoms with van der Waals surface area (Å²) >= 11 is 0. The molecule has 3 heteroatoms. The summed E-state index contributed by atoms with van der Waals surface area (Å²) in [4.78, 5) is 2.56. The van der Waals surface area contributed by atoms with Crippen molar-refractivity contribution >= 4 is 5.69 Å². The number of aliphatic hydroxyl groups excluding tert-OH is 1. The van der Waals surface area contributed by atoms with E-state index in [1.807, 2.05) is 0 Å². The van der Waals surface area contributed by atoms with Crippen LogP contribution in [-0.4, -0.2) is 30.9 Å². The highest BCUT2D eigenvalue weighted by atomic mass is 16.5. The van der Waals surface area contributed by atoms with Crippen LogP contribution in [0.2, 0.25) is 0 Å². The molecule has 2 fully saturated rings. The van der Waals surface area contributed by atoms with Gasteiger partial charge in [-0.05, 0) is 55.9 Å². The minimum atomic E-state index is -0.0950. The monoisotopic (exact) mass is 325 g/mol. The van der Waals surface area contributed by atoms with Gasteiger partial charge in [0.1, 0.15) is 0 Å². The van der Waals surface area contributed by atoms with E-state index in [4.69, 9.17) is 4.74 Å². The fourth-order valence-electron chi connectivity index (χ4n) is 4.83. The molecular weight excluding hydrogens is 298 g/mol. The maximum Gasteiger partial charge on any atom is 0.0958 e. The number of benzene rings is 1. The normalized spacial score (nSPS) is 32.8. The molecule has 0 bridgehead atoms. The first kappa shape index (κ1) is 15.8. The summed E-state index contributed by atoms with van der Waals surface area (Å²) in [6, 6.07) is 11.2. The summed E-state index contributed by atoms with van der Waals surface area (Å²) in [5, 5.41) is 9.95. The molecule has 1 saturated carbocycles. The number of methoxy groups -OCH3 is 1. The highest BCUT2D eigenvalue weighted by Gasteiger charge is 2.54. The number of ether oxygens (including phenoxy) is 1. The first-order valence-corrected chi connectivity index (χ1v) is 9.15. The van der Waals surface area contributed by atoms with Gasteiger partial charge in [-0.2, -0.15) is 0 Å². The molecular formula is C21H27NO2. The summed E-state index contributed by atoms with van der Waals surface area (Å²) in [6.45, 7) is 1.12. The second-order valence-electron chi connectivity index (χ2n) is 7.54. The lowest BCUT2D eigenvalue weighted by Crippen LogP contribution is -2.67. The van der Waals surface area contributed by atoms with Crippen LogP contribution in [0.25, 0.3) is 0 Å². The van der Waals surface area contributed by atoms with Gasteiger partial charge in [0.25, 0.3) is 0 Å². The second kappa shape index (κ2) is 6.29. The topological polar surface area (TPSA) is 32.7 Å². The highest BCUT2D eigenvalue weighted by molar-refractivity contribution is 5.55. The van der Waals surface area contributed by atoms with Crippen LogP contribution in [0.3, 0.4) is 0 Å². The Morgan fingerprint density at radius 3 is 2.46 bits per heavy atom. The van der Waals surface area contributed by atoms with E-state index in [0.717, 1.165) is 50.8 Å². The molecule has 128 valence electrons. The number of hydrogen-bond donors (Lipinski definition) is 1. The summed E-state index contributed by atoms with van der Waals surface area (Å²) < 4.78 is 5.40. The third-order valence-corrected chi connectivity index (χ3v) is 6.17. The van der Waals surface area contributed by atoms with Crippen LogP contribution in [0.5, 0.6) is 0 Å². The van der Waals surface area contributed by atoms with Crippen molar-refractivity contribution in [2.24, 2.45) is 5.41 Å². The molecule has 0 radical (unpaired) electrons. The number of hydrogen-bond acceptors (Lipinski definition) is 3. The second-order valence-corrected chi connectivity index (χ2v) is 7.54. The average molecular weight is 325 g/mol. The van der Waals surface area contributed by atoms with Crippen molar-refractivity contribution in [3.05, 3.63) is 53.8 Å². The van der Waals surface area contributed by atoms with Gasteiger partial charge in [0.15, 0.2) is 0 Å². The summed E-state index contributed by atoms with van der Waals surface area (Å²) in [5.74, 6) is 1.08. The van der Waals surface area contributed by atoms with Crippen molar-refractivity contribution in [2.45, 2.75) is 50.7 Å². The number of nitrogens with zero attached hydrogens (tertiary/aromatic N) is 1. The van der Waals surface area contributed by atoms with Gasteiger partial charge in [-0.1, -0.05) is 24.3 Å². The predicted molar refractivity (Wildman–Crippen MR) is 96.9 cm³/mol. The fourth-order valence-corrected chi connectivity index (χ4v) is 4.83. The van der Waals surface area contributed by atoms with Crippen molar-refractivity contribution in [1.29, 1.82) is 0 Å². The molecule has 3 nitrogen and oxygen atoms in total. The van der Waals surface area contributed by atoms with Crippen LogP contribution in [0, 0.1) is 5.41 Å². The van der Waals surface area contributed by atoms with Crippen LogP contribution >= 0.6 is 0 Å². The van der Waals surface area contributed by atoms with E-state index in [2.05, 4.69) is 47.4 Å².